The lowest BCUT2D eigenvalue weighted by Gasteiger charge is -2.55. The van der Waals surface area contributed by atoms with E-state index in [2.05, 4.69) is 15.9 Å². The zero-order valence-corrected chi connectivity index (χ0v) is 18.5. The smallest absolute Gasteiger partial charge is 0.161 e. The molecule has 5 heteroatoms. The van der Waals surface area contributed by atoms with Gasteiger partial charge in [0.1, 0.15) is 23.9 Å². The maximum atomic E-state index is 13.1. The Hall–Kier alpha value is -1.52. The molecule has 0 atom stereocenters. The van der Waals surface area contributed by atoms with Crippen LogP contribution in [0.4, 0.5) is 0 Å². The number of benzene rings is 1. The number of furan rings is 1. The molecule has 1 heterocycles. The molecule has 0 amide bonds. The molecule has 0 unspecified atom stereocenters. The Balaban J connectivity index is 1.22. The average Bonchev–Trinajstić information content (AvgIpc) is 3.12. The molecule has 4 fully saturated rings. The molecule has 0 radical (unpaired) electrons. The van der Waals surface area contributed by atoms with E-state index >= 15 is 0 Å². The van der Waals surface area contributed by atoms with Crippen LogP contribution < -0.4 is 4.74 Å². The van der Waals surface area contributed by atoms with Crippen molar-refractivity contribution in [2.45, 2.75) is 45.1 Å². The van der Waals surface area contributed by atoms with Gasteiger partial charge in [0.2, 0.25) is 0 Å². The fourth-order valence-electron chi connectivity index (χ4n) is 6.05. The van der Waals surface area contributed by atoms with E-state index in [-0.39, 0.29) is 12.0 Å². The molecule has 4 saturated carbocycles. The number of hydrogen-bond acceptors (Lipinski definition) is 3. The van der Waals surface area contributed by atoms with Crippen LogP contribution in [-0.2, 0) is 11.4 Å². The Labute approximate surface area is 184 Å². The zero-order valence-electron chi connectivity index (χ0n) is 16.2. The van der Waals surface area contributed by atoms with Gasteiger partial charge in [0.05, 0.1) is 5.02 Å². The lowest BCUT2D eigenvalue weighted by Crippen LogP contribution is -2.49. The molecule has 0 N–H and O–H groups in total. The molecule has 6 rings (SSSR count). The van der Waals surface area contributed by atoms with Crippen LogP contribution in [0, 0.1) is 23.2 Å². The first-order chi connectivity index (χ1) is 14.0. The van der Waals surface area contributed by atoms with Gasteiger partial charge < -0.3 is 9.15 Å². The van der Waals surface area contributed by atoms with E-state index in [1.807, 2.05) is 30.3 Å². The van der Waals surface area contributed by atoms with Gasteiger partial charge in [-0.1, -0.05) is 27.5 Å². The van der Waals surface area contributed by atoms with Crippen molar-refractivity contribution in [1.29, 1.82) is 0 Å². The van der Waals surface area contributed by atoms with Gasteiger partial charge in [-0.15, -0.1) is 0 Å². The Morgan fingerprint density at radius 2 is 1.83 bits per heavy atom. The minimum absolute atomic E-state index is 0.0951. The number of ketones is 1. The Morgan fingerprint density at radius 3 is 2.48 bits per heavy atom. The molecule has 0 aliphatic heterocycles. The zero-order chi connectivity index (χ0) is 20.0. The van der Waals surface area contributed by atoms with Gasteiger partial charge in [-0.2, -0.15) is 0 Å². The number of ether oxygens (including phenoxy) is 1. The molecule has 4 aliphatic carbocycles. The van der Waals surface area contributed by atoms with Gasteiger partial charge in [0, 0.05) is 9.89 Å². The molecule has 0 spiro atoms. The van der Waals surface area contributed by atoms with Crippen LogP contribution in [0.1, 0.15) is 50.0 Å². The second-order valence-corrected chi connectivity index (χ2v) is 10.4. The maximum Gasteiger partial charge on any atom is 0.161 e. The number of allylic oxidation sites excluding steroid dienone is 1. The summed E-state index contributed by atoms with van der Waals surface area (Å²) in [5, 5.41) is 0.548. The summed E-state index contributed by atoms with van der Waals surface area (Å²) in [6, 6.07) is 9.25. The molecule has 0 saturated heterocycles. The lowest BCUT2D eigenvalue weighted by molar-refractivity contribution is -0.138. The topological polar surface area (TPSA) is 39.4 Å². The van der Waals surface area contributed by atoms with E-state index in [0.717, 1.165) is 41.5 Å². The van der Waals surface area contributed by atoms with E-state index < -0.39 is 0 Å². The molecule has 4 bridgehead atoms. The van der Waals surface area contributed by atoms with Crippen molar-refractivity contribution < 1.29 is 13.9 Å². The molecule has 3 nitrogen and oxygen atoms in total. The number of hydrogen-bond donors (Lipinski definition) is 0. The summed E-state index contributed by atoms with van der Waals surface area (Å²) in [4.78, 5) is 13.1. The third-order valence-electron chi connectivity index (χ3n) is 6.91. The first kappa shape index (κ1) is 19.4. The largest absolute Gasteiger partial charge is 0.484 e. The molecule has 2 aromatic rings. The van der Waals surface area contributed by atoms with E-state index in [4.69, 9.17) is 20.8 Å². The number of rotatable bonds is 6. The minimum Gasteiger partial charge on any atom is -0.484 e. The van der Waals surface area contributed by atoms with Crippen LogP contribution in [-0.4, -0.2) is 5.78 Å². The van der Waals surface area contributed by atoms with Crippen molar-refractivity contribution in [3.63, 3.8) is 0 Å². The quantitative estimate of drug-likeness (QED) is 0.419. The third-order valence-corrected chi connectivity index (χ3v) is 7.69. The summed E-state index contributed by atoms with van der Waals surface area (Å²) in [7, 11) is 0. The molecular formula is C24H24BrClO3. The molecule has 29 heavy (non-hydrogen) atoms. The summed E-state index contributed by atoms with van der Waals surface area (Å²) in [5.41, 5.74) is -0.0951. The van der Waals surface area contributed by atoms with Crippen LogP contribution >= 0.6 is 27.5 Å². The number of halogens is 2. The van der Waals surface area contributed by atoms with E-state index in [1.165, 1.54) is 19.3 Å². The van der Waals surface area contributed by atoms with Crippen LogP contribution in [0.3, 0.4) is 0 Å². The van der Waals surface area contributed by atoms with Crippen molar-refractivity contribution in [3.05, 3.63) is 57.4 Å². The maximum absolute atomic E-state index is 13.1. The Morgan fingerprint density at radius 1 is 1.14 bits per heavy atom. The van der Waals surface area contributed by atoms with Crippen LogP contribution in [0.5, 0.6) is 5.75 Å². The second kappa shape index (κ2) is 7.63. The van der Waals surface area contributed by atoms with E-state index in [0.29, 0.717) is 28.1 Å². The van der Waals surface area contributed by atoms with Crippen molar-refractivity contribution in [2.24, 2.45) is 23.2 Å². The predicted molar refractivity (Wildman–Crippen MR) is 117 cm³/mol. The summed E-state index contributed by atoms with van der Waals surface area (Å²) in [5.74, 6) is 4.62. The van der Waals surface area contributed by atoms with Gasteiger partial charge in [0.25, 0.3) is 0 Å². The fourth-order valence-corrected chi connectivity index (χ4v) is 6.78. The highest BCUT2D eigenvalue weighted by Gasteiger charge is 2.53. The summed E-state index contributed by atoms with van der Waals surface area (Å²) in [6.07, 6.45) is 10.9. The van der Waals surface area contributed by atoms with E-state index in [1.54, 1.807) is 12.1 Å². The third kappa shape index (κ3) is 3.94. The van der Waals surface area contributed by atoms with Crippen molar-refractivity contribution in [3.8, 4) is 5.75 Å². The van der Waals surface area contributed by atoms with Gasteiger partial charge in [-0.05, 0) is 98.8 Å². The highest BCUT2D eigenvalue weighted by atomic mass is 79.9. The first-order valence-corrected chi connectivity index (χ1v) is 11.6. The standard InChI is InChI=1S/C24H24BrClO3/c25-18-1-5-22(21(26)10-18)28-14-20-3-2-19(29-20)4-6-23(27)24-11-15-7-16(12-24)9-17(8-15)13-24/h1-6,10,15-17H,7-9,11-14H2/b6-4+. The Bertz CT molecular complexity index is 926. The van der Waals surface area contributed by atoms with E-state index in [9.17, 15) is 4.79 Å². The summed E-state index contributed by atoms with van der Waals surface area (Å²) in [6.45, 7) is 0.290. The van der Waals surface area contributed by atoms with Gasteiger partial charge in [-0.25, -0.2) is 0 Å². The van der Waals surface area contributed by atoms with Crippen molar-refractivity contribution >= 4 is 39.4 Å². The van der Waals surface area contributed by atoms with Crippen LogP contribution in [0.2, 0.25) is 5.02 Å². The average molecular weight is 476 g/mol. The highest BCUT2D eigenvalue weighted by molar-refractivity contribution is 9.10. The van der Waals surface area contributed by atoms with Gasteiger partial charge in [0.15, 0.2) is 5.78 Å². The van der Waals surface area contributed by atoms with Crippen LogP contribution in [0.15, 0.2) is 45.3 Å². The van der Waals surface area contributed by atoms with Crippen molar-refractivity contribution in [2.75, 3.05) is 0 Å². The van der Waals surface area contributed by atoms with Crippen LogP contribution in [0.25, 0.3) is 6.08 Å². The van der Waals surface area contributed by atoms with Gasteiger partial charge in [-0.3, -0.25) is 4.79 Å². The molecule has 1 aromatic heterocycles. The SMILES string of the molecule is O=C(/C=C/c1ccc(COc2ccc(Br)cc2Cl)o1)C12CC3CC(CC(C3)C1)C2. The summed E-state index contributed by atoms with van der Waals surface area (Å²) >= 11 is 9.56. The highest BCUT2D eigenvalue weighted by Crippen LogP contribution is 2.60. The molecule has 1 aromatic carbocycles. The second-order valence-electron chi connectivity index (χ2n) is 9.06. The molecule has 152 valence electrons. The molecular weight excluding hydrogens is 452 g/mol. The minimum atomic E-state index is -0.0951. The number of carbonyl (C=O) groups is 1. The monoisotopic (exact) mass is 474 g/mol. The lowest BCUT2D eigenvalue weighted by atomic mass is 9.48. The first-order valence-electron chi connectivity index (χ1n) is 10.4. The van der Waals surface area contributed by atoms with Crippen molar-refractivity contribution in [1.82, 2.24) is 0 Å². The normalized spacial score (nSPS) is 30.2. The fraction of sp³-hybridized carbons (Fsp3) is 0.458. The molecule has 4 aliphatic rings. The number of carbonyl (C=O) groups excluding carboxylic acids is 1. The summed E-state index contributed by atoms with van der Waals surface area (Å²) < 4.78 is 12.5. The predicted octanol–water partition coefficient (Wildman–Crippen LogP) is 7.07. The Kier molecular flexibility index (Phi) is 5.11. The van der Waals surface area contributed by atoms with Gasteiger partial charge >= 0.3 is 0 Å².